The Hall–Kier alpha value is -1.10. The highest BCUT2D eigenvalue weighted by Gasteiger charge is 2.56. The van der Waals surface area contributed by atoms with Gasteiger partial charge in [-0.1, -0.05) is 18.2 Å². The zero-order chi connectivity index (χ0) is 17.1. The zero-order valence-electron chi connectivity index (χ0n) is 15.4. The second-order valence-corrected chi connectivity index (χ2v) is 8.90. The lowest BCUT2D eigenvalue weighted by atomic mass is 10.1. The van der Waals surface area contributed by atoms with E-state index < -0.39 is 5.60 Å². The molecule has 4 rings (SSSR count). The number of anilines is 1. The van der Waals surface area contributed by atoms with Crippen molar-refractivity contribution in [3.8, 4) is 0 Å². The molecular formula is C20H31N3O. The number of aliphatic hydroxyl groups is 1. The molecule has 3 aliphatic rings. The summed E-state index contributed by atoms with van der Waals surface area (Å²) >= 11 is 0. The first-order valence-corrected chi connectivity index (χ1v) is 9.40. The van der Waals surface area contributed by atoms with E-state index in [1.54, 1.807) is 0 Å². The fraction of sp³-hybridized carbons (Fsp3) is 0.700. The van der Waals surface area contributed by atoms with Gasteiger partial charge in [0.2, 0.25) is 0 Å². The first-order valence-electron chi connectivity index (χ1n) is 9.40. The van der Waals surface area contributed by atoms with Crippen LogP contribution in [0, 0.1) is 17.8 Å². The molecule has 2 atom stereocenters. The summed E-state index contributed by atoms with van der Waals surface area (Å²) in [5, 5.41) is 15.1. The van der Waals surface area contributed by atoms with E-state index in [1.165, 1.54) is 11.3 Å². The molecule has 0 aromatic heterocycles. The van der Waals surface area contributed by atoms with Crippen LogP contribution >= 0.6 is 0 Å². The van der Waals surface area contributed by atoms with Crippen LogP contribution < -0.4 is 5.01 Å². The minimum Gasteiger partial charge on any atom is -0.389 e. The first-order chi connectivity index (χ1) is 11.3. The van der Waals surface area contributed by atoms with Crippen molar-refractivity contribution in [3.63, 3.8) is 0 Å². The van der Waals surface area contributed by atoms with E-state index in [0.29, 0.717) is 6.04 Å². The van der Waals surface area contributed by atoms with Gasteiger partial charge in [-0.25, -0.2) is 5.01 Å². The van der Waals surface area contributed by atoms with Crippen molar-refractivity contribution in [1.82, 2.24) is 9.91 Å². The van der Waals surface area contributed by atoms with E-state index in [0.717, 1.165) is 50.5 Å². The average Bonchev–Trinajstić information content (AvgIpc) is 2.85. The largest absolute Gasteiger partial charge is 0.389 e. The molecule has 0 radical (unpaired) electrons. The molecule has 1 saturated heterocycles. The number of para-hydroxylation sites is 1. The third-order valence-electron chi connectivity index (χ3n) is 5.95. The number of nitrogens with zero attached hydrogens (tertiary/aromatic N) is 3. The highest BCUT2D eigenvalue weighted by molar-refractivity contribution is 5.56. The first kappa shape index (κ1) is 16.4. The number of likely N-dealkylation sites (tertiary alicyclic amines) is 1. The van der Waals surface area contributed by atoms with Crippen LogP contribution in [0.1, 0.15) is 33.3 Å². The van der Waals surface area contributed by atoms with Crippen molar-refractivity contribution in [2.24, 2.45) is 17.8 Å². The summed E-state index contributed by atoms with van der Waals surface area (Å²) in [6.07, 6.45) is 0. The van der Waals surface area contributed by atoms with Crippen molar-refractivity contribution >= 4 is 5.69 Å². The number of piperidine rings is 1. The molecule has 0 spiro atoms. The monoisotopic (exact) mass is 329 g/mol. The highest BCUT2D eigenvalue weighted by atomic mass is 16.3. The van der Waals surface area contributed by atoms with Crippen LogP contribution in [0.3, 0.4) is 0 Å². The van der Waals surface area contributed by atoms with Gasteiger partial charge in [0.25, 0.3) is 0 Å². The SMILES string of the molecule is CC(C)N1Cc2ccccc2N1CC1C2CN(CC(C)(C)O)CC21. The topological polar surface area (TPSA) is 30.0 Å². The number of benzene rings is 1. The van der Waals surface area contributed by atoms with Crippen molar-refractivity contribution in [1.29, 1.82) is 0 Å². The lowest BCUT2D eigenvalue weighted by Gasteiger charge is -2.34. The number of hydrazine groups is 1. The number of rotatable bonds is 5. The van der Waals surface area contributed by atoms with Crippen molar-refractivity contribution < 1.29 is 5.11 Å². The van der Waals surface area contributed by atoms with E-state index in [4.69, 9.17) is 0 Å². The molecule has 1 N–H and O–H groups in total. The van der Waals surface area contributed by atoms with Gasteiger partial charge in [-0.2, -0.15) is 0 Å². The van der Waals surface area contributed by atoms with Gasteiger partial charge in [0.05, 0.1) is 11.3 Å². The third kappa shape index (κ3) is 2.96. The maximum Gasteiger partial charge on any atom is 0.0718 e. The summed E-state index contributed by atoms with van der Waals surface area (Å²) in [5.74, 6) is 2.47. The summed E-state index contributed by atoms with van der Waals surface area (Å²) < 4.78 is 0. The minimum absolute atomic E-state index is 0.530. The normalized spacial score (nSPS) is 30.1. The average molecular weight is 329 g/mol. The maximum absolute atomic E-state index is 10.0. The second kappa shape index (κ2) is 5.72. The van der Waals surface area contributed by atoms with Gasteiger partial charge in [0, 0.05) is 38.8 Å². The highest BCUT2D eigenvalue weighted by Crippen LogP contribution is 2.53. The molecule has 2 fully saturated rings. The Bertz CT molecular complexity index is 597. The summed E-state index contributed by atoms with van der Waals surface area (Å²) in [4.78, 5) is 2.45. The van der Waals surface area contributed by atoms with Gasteiger partial charge in [0.1, 0.15) is 0 Å². The lowest BCUT2D eigenvalue weighted by molar-refractivity contribution is 0.0387. The van der Waals surface area contributed by atoms with Crippen LogP contribution in [0.2, 0.25) is 0 Å². The van der Waals surface area contributed by atoms with Gasteiger partial charge in [-0.15, -0.1) is 0 Å². The summed E-state index contributed by atoms with van der Waals surface area (Å²) in [6.45, 7) is 13.7. The van der Waals surface area contributed by atoms with E-state index in [-0.39, 0.29) is 0 Å². The van der Waals surface area contributed by atoms with Crippen LogP contribution in [0.5, 0.6) is 0 Å². The van der Waals surface area contributed by atoms with Gasteiger partial charge >= 0.3 is 0 Å². The predicted molar refractivity (Wildman–Crippen MR) is 97.7 cm³/mol. The molecule has 0 bridgehead atoms. The van der Waals surface area contributed by atoms with Crippen molar-refractivity contribution in [3.05, 3.63) is 29.8 Å². The summed E-state index contributed by atoms with van der Waals surface area (Å²) in [5.41, 5.74) is 2.29. The molecule has 1 aliphatic carbocycles. The molecule has 1 aromatic carbocycles. The fourth-order valence-electron chi connectivity index (χ4n) is 4.84. The van der Waals surface area contributed by atoms with Gasteiger partial charge in [-0.05, 0) is 57.1 Å². The van der Waals surface area contributed by atoms with Crippen LogP contribution in [-0.4, -0.2) is 52.8 Å². The molecule has 1 aromatic rings. The van der Waals surface area contributed by atoms with Gasteiger partial charge in [0.15, 0.2) is 0 Å². The Balaban J connectivity index is 1.40. The molecule has 0 amide bonds. The van der Waals surface area contributed by atoms with Crippen LogP contribution in [0.4, 0.5) is 5.69 Å². The van der Waals surface area contributed by atoms with Crippen molar-refractivity contribution in [2.45, 2.75) is 45.9 Å². The summed E-state index contributed by atoms with van der Waals surface area (Å²) in [6, 6.07) is 9.39. The Morgan fingerprint density at radius 2 is 1.83 bits per heavy atom. The third-order valence-corrected chi connectivity index (χ3v) is 5.95. The molecule has 4 heteroatoms. The van der Waals surface area contributed by atoms with E-state index in [9.17, 15) is 5.11 Å². The van der Waals surface area contributed by atoms with Gasteiger partial charge < -0.3 is 10.1 Å². The van der Waals surface area contributed by atoms with Crippen LogP contribution in [0.25, 0.3) is 0 Å². The Kier molecular flexibility index (Phi) is 3.90. The Morgan fingerprint density at radius 3 is 2.46 bits per heavy atom. The Morgan fingerprint density at radius 1 is 1.17 bits per heavy atom. The maximum atomic E-state index is 10.0. The fourth-order valence-corrected chi connectivity index (χ4v) is 4.84. The van der Waals surface area contributed by atoms with Crippen LogP contribution in [-0.2, 0) is 6.54 Å². The predicted octanol–water partition coefficient (Wildman–Crippen LogP) is 2.58. The number of fused-ring (bicyclic) bond motifs is 2. The molecule has 2 heterocycles. The summed E-state index contributed by atoms with van der Waals surface area (Å²) in [7, 11) is 0. The minimum atomic E-state index is -0.575. The standard InChI is InChI=1S/C20H31N3O/c1-14(2)22-9-15-7-5-6-8-19(15)23(22)12-18-16-10-21(11-17(16)18)13-20(3,4)24/h5-8,14,16-18,24H,9-13H2,1-4H3. The lowest BCUT2D eigenvalue weighted by Crippen LogP contribution is -2.44. The molecular weight excluding hydrogens is 298 g/mol. The van der Waals surface area contributed by atoms with Gasteiger partial charge in [-0.3, -0.25) is 4.90 Å². The number of β-amino-alcohol motifs (C(OH)–C–C–N with tert-alkyl or cyclic N) is 1. The van der Waals surface area contributed by atoms with Crippen molar-refractivity contribution in [2.75, 3.05) is 31.2 Å². The number of hydrogen-bond donors (Lipinski definition) is 1. The molecule has 1 saturated carbocycles. The molecule has 4 nitrogen and oxygen atoms in total. The smallest absolute Gasteiger partial charge is 0.0718 e. The molecule has 2 aliphatic heterocycles. The number of hydrogen-bond acceptors (Lipinski definition) is 4. The molecule has 24 heavy (non-hydrogen) atoms. The van der Waals surface area contributed by atoms with E-state index >= 15 is 0 Å². The van der Waals surface area contributed by atoms with E-state index in [1.807, 2.05) is 13.8 Å². The quantitative estimate of drug-likeness (QED) is 0.899. The molecule has 132 valence electrons. The van der Waals surface area contributed by atoms with E-state index in [2.05, 4.69) is 53.0 Å². The second-order valence-electron chi connectivity index (χ2n) is 8.90. The molecule has 2 unspecified atom stereocenters. The zero-order valence-corrected chi connectivity index (χ0v) is 15.4. The van der Waals surface area contributed by atoms with Crippen LogP contribution in [0.15, 0.2) is 24.3 Å². The Labute approximate surface area is 146 Å².